The lowest BCUT2D eigenvalue weighted by atomic mass is 10.0. The van der Waals surface area contributed by atoms with Gasteiger partial charge >= 0.3 is 5.97 Å². The van der Waals surface area contributed by atoms with E-state index >= 15 is 0 Å². The third kappa shape index (κ3) is 3.29. The summed E-state index contributed by atoms with van der Waals surface area (Å²) in [5.41, 5.74) is 8.40. The molecule has 2 atom stereocenters. The van der Waals surface area contributed by atoms with E-state index in [1.54, 1.807) is 12.1 Å². The SMILES string of the molecule is COC(=O)c1ccc2nc(C(O)C(N)Cc3ccccc3)oc2c1. The highest BCUT2D eigenvalue weighted by molar-refractivity contribution is 5.93. The van der Waals surface area contributed by atoms with E-state index in [-0.39, 0.29) is 5.89 Å². The molecule has 3 aromatic rings. The molecule has 6 nitrogen and oxygen atoms in total. The Balaban J connectivity index is 1.81. The third-order valence-corrected chi connectivity index (χ3v) is 3.80. The molecule has 124 valence electrons. The topological polar surface area (TPSA) is 98.6 Å². The number of aliphatic hydroxyl groups is 1. The Kier molecular flexibility index (Phi) is 4.59. The largest absolute Gasteiger partial charge is 0.465 e. The van der Waals surface area contributed by atoms with Gasteiger partial charge in [0.15, 0.2) is 5.58 Å². The number of rotatable bonds is 5. The molecule has 1 aromatic heterocycles. The van der Waals surface area contributed by atoms with Gasteiger partial charge in [-0.2, -0.15) is 0 Å². The van der Waals surface area contributed by atoms with Crippen LogP contribution in [0.1, 0.15) is 27.9 Å². The normalized spacial score (nSPS) is 13.6. The number of oxazole rings is 1. The standard InChI is InChI=1S/C18H18N2O4/c1-23-18(22)12-7-8-14-15(10-12)24-17(20-14)16(21)13(19)9-11-5-3-2-4-6-11/h2-8,10,13,16,21H,9,19H2,1H3. The third-order valence-electron chi connectivity index (χ3n) is 3.80. The number of hydrogen-bond donors (Lipinski definition) is 2. The van der Waals surface area contributed by atoms with Gasteiger partial charge in [0.1, 0.15) is 11.6 Å². The summed E-state index contributed by atoms with van der Waals surface area (Å²) in [6.45, 7) is 0. The van der Waals surface area contributed by atoms with Crippen molar-refractivity contribution < 1.29 is 19.1 Å². The summed E-state index contributed by atoms with van der Waals surface area (Å²) in [4.78, 5) is 15.8. The van der Waals surface area contributed by atoms with E-state index in [0.29, 0.717) is 23.1 Å². The van der Waals surface area contributed by atoms with E-state index in [0.717, 1.165) is 5.56 Å². The lowest BCUT2D eigenvalue weighted by Gasteiger charge is -2.15. The zero-order chi connectivity index (χ0) is 17.1. The second-order valence-corrected chi connectivity index (χ2v) is 5.52. The molecule has 0 radical (unpaired) electrons. The summed E-state index contributed by atoms with van der Waals surface area (Å²) in [5.74, 6) is -0.327. The van der Waals surface area contributed by atoms with Crippen LogP contribution in [0, 0.1) is 0 Å². The van der Waals surface area contributed by atoms with Gasteiger partial charge in [-0.05, 0) is 30.2 Å². The number of carbonyl (C=O) groups excluding carboxylic acids is 1. The first-order chi connectivity index (χ1) is 11.6. The molecular weight excluding hydrogens is 308 g/mol. The molecule has 0 amide bonds. The average Bonchev–Trinajstić information content (AvgIpc) is 3.04. The van der Waals surface area contributed by atoms with Crippen molar-refractivity contribution in [3.63, 3.8) is 0 Å². The number of aliphatic hydroxyl groups excluding tert-OH is 1. The van der Waals surface area contributed by atoms with Crippen LogP contribution in [-0.4, -0.2) is 29.2 Å². The average molecular weight is 326 g/mol. The minimum atomic E-state index is -1.04. The monoisotopic (exact) mass is 326 g/mol. The summed E-state index contributed by atoms with van der Waals surface area (Å²) in [7, 11) is 1.31. The fourth-order valence-electron chi connectivity index (χ4n) is 2.49. The minimum Gasteiger partial charge on any atom is -0.465 e. The van der Waals surface area contributed by atoms with Gasteiger partial charge in [-0.25, -0.2) is 9.78 Å². The first kappa shape index (κ1) is 16.2. The van der Waals surface area contributed by atoms with Crippen LogP contribution in [0.2, 0.25) is 0 Å². The molecule has 2 aromatic carbocycles. The molecule has 0 saturated carbocycles. The number of benzene rings is 2. The van der Waals surface area contributed by atoms with Crippen LogP contribution in [0.25, 0.3) is 11.1 Å². The van der Waals surface area contributed by atoms with E-state index in [9.17, 15) is 9.90 Å². The van der Waals surface area contributed by atoms with Crippen LogP contribution in [0.15, 0.2) is 52.9 Å². The van der Waals surface area contributed by atoms with Crippen LogP contribution in [0.3, 0.4) is 0 Å². The first-order valence-corrected chi connectivity index (χ1v) is 7.55. The quantitative estimate of drug-likeness (QED) is 0.698. The highest BCUT2D eigenvalue weighted by atomic mass is 16.5. The van der Waals surface area contributed by atoms with Crippen LogP contribution in [-0.2, 0) is 11.2 Å². The van der Waals surface area contributed by atoms with Crippen LogP contribution in [0.5, 0.6) is 0 Å². The van der Waals surface area contributed by atoms with Gasteiger partial charge in [-0.3, -0.25) is 0 Å². The summed E-state index contributed by atoms with van der Waals surface area (Å²) in [6, 6.07) is 13.9. The maximum atomic E-state index is 11.6. The Bertz CT molecular complexity index is 845. The molecule has 0 aliphatic heterocycles. The second kappa shape index (κ2) is 6.82. The smallest absolute Gasteiger partial charge is 0.337 e. The lowest BCUT2D eigenvalue weighted by Crippen LogP contribution is -2.30. The Morgan fingerprint density at radius 2 is 2.04 bits per heavy atom. The zero-order valence-corrected chi connectivity index (χ0v) is 13.2. The van der Waals surface area contributed by atoms with Crippen molar-refractivity contribution in [2.75, 3.05) is 7.11 Å². The molecule has 3 N–H and O–H groups in total. The number of fused-ring (bicyclic) bond motifs is 1. The van der Waals surface area contributed by atoms with Crippen molar-refractivity contribution in [2.24, 2.45) is 5.73 Å². The van der Waals surface area contributed by atoms with E-state index in [2.05, 4.69) is 9.72 Å². The number of esters is 1. The molecule has 2 unspecified atom stereocenters. The van der Waals surface area contributed by atoms with E-state index in [4.69, 9.17) is 10.2 Å². The molecule has 0 saturated heterocycles. The van der Waals surface area contributed by atoms with Crippen LogP contribution < -0.4 is 5.73 Å². The van der Waals surface area contributed by atoms with Gasteiger partial charge in [0, 0.05) is 6.04 Å². The molecule has 1 heterocycles. The summed E-state index contributed by atoms with van der Waals surface area (Å²) in [5, 5.41) is 10.4. The maximum absolute atomic E-state index is 11.6. The van der Waals surface area contributed by atoms with E-state index < -0.39 is 18.1 Å². The Morgan fingerprint density at radius 3 is 2.75 bits per heavy atom. The summed E-state index contributed by atoms with van der Waals surface area (Å²) >= 11 is 0. The number of aromatic nitrogens is 1. The molecular formula is C18H18N2O4. The predicted molar refractivity (Wildman–Crippen MR) is 88.4 cm³/mol. The van der Waals surface area contributed by atoms with Gasteiger partial charge in [0.05, 0.1) is 12.7 Å². The Labute approximate surface area is 138 Å². The number of hydrogen-bond acceptors (Lipinski definition) is 6. The van der Waals surface area contributed by atoms with Gasteiger partial charge in [0.2, 0.25) is 5.89 Å². The molecule has 0 spiro atoms. The van der Waals surface area contributed by atoms with Crippen LogP contribution in [0.4, 0.5) is 0 Å². The maximum Gasteiger partial charge on any atom is 0.337 e. The van der Waals surface area contributed by atoms with E-state index in [1.165, 1.54) is 13.2 Å². The van der Waals surface area contributed by atoms with Crippen molar-refractivity contribution in [1.29, 1.82) is 0 Å². The van der Waals surface area contributed by atoms with Crippen molar-refractivity contribution in [3.05, 3.63) is 65.5 Å². The van der Waals surface area contributed by atoms with Crippen molar-refractivity contribution in [2.45, 2.75) is 18.6 Å². The zero-order valence-electron chi connectivity index (χ0n) is 13.2. The fourth-order valence-corrected chi connectivity index (χ4v) is 2.49. The van der Waals surface area contributed by atoms with Crippen LogP contribution >= 0.6 is 0 Å². The Morgan fingerprint density at radius 1 is 1.29 bits per heavy atom. The first-order valence-electron chi connectivity index (χ1n) is 7.55. The fraction of sp³-hybridized carbons (Fsp3) is 0.222. The highest BCUT2D eigenvalue weighted by Crippen LogP contribution is 2.24. The van der Waals surface area contributed by atoms with E-state index in [1.807, 2.05) is 30.3 Å². The molecule has 0 aliphatic carbocycles. The number of ether oxygens (including phenoxy) is 1. The second-order valence-electron chi connectivity index (χ2n) is 5.52. The summed E-state index contributed by atoms with van der Waals surface area (Å²) < 4.78 is 10.2. The van der Waals surface area contributed by atoms with Gasteiger partial charge in [-0.1, -0.05) is 30.3 Å². The van der Waals surface area contributed by atoms with Gasteiger partial charge < -0.3 is 20.0 Å². The highest BCUT2D eigenvalue weighted by Gasteiger charge is 2.23. The molecule has 6 heteroatoms. The van der Waals surface area contributed by atoms with Crippen molar-refractivity contribution >= 4 is 17.1 Å². The van der Waals surface area contributed by atoms with Gasteiger partial charge in [0.25, 0.3) is 0 Å². The minimum absolute atomic E-state index is 0.135. The lowest BCUT2D eigenvalue weighted by molar-refractivity contribution is 0.0600. The molecule has 0 fully saturated rings. The number of carbonyl (C=O) groups is 1. The van der Waals surface area contributed by atoms with Gasteiger partial charge in [-0.15, -0.1) is 0 Å². The van der Waals surface area contributed by atoms with Crippen molar-refractivity contribution in [3.8, 4) is 0 Å². The molecule has 0 bridgehead atoms. The molecule has 24 heavy (non-hydrogen) atoms. The Hall–Kier alpha value is -2.70. The van der Waals surface area contributed by atoms with Crippen molar-refractivity contribution in [1.82, 2.24) is 4.98 Å². The number of methoxy groups -OCH3 is 1. The summed E-state index contributed by atoms with van der Waals surface area (Å²) in [6.07, 6.45) is -0.548. The number of nitrogens with two attached hydrogens (primary N) is 1. The molecule has 0 aliphatic rings. The number of nitrogens with zero attached hydrogens (tertiary/aromatic N) is 1. The molecule has 3 rings (SSSR count). The predicted octanol–water partition coefficient (Wildman–Crippen LogP) is 2.22.